The molecular weight excluding hydrogens is 323 g/mol. The van der Waals surface area contributed by atoms with Crippen LogP contribution in [0.15, 0.2) is 33.5 Å². The number of fused-ring (bicyclic) bond motifs is 1. The Morgan fingerprint density at radius 1 is 1.39 bits per heavy atom. The molecule has 3 rings (SSSR count). The SMILES string of the molecule is O=C(Nc1ccc2c(CP(=O)(O)O)cc(=O)oc2c1)[C@H]1CCN1. The molecule has 2 heterocycles. The molecule has 0 unspecified atom stereocenters. The van der Waals surface area contributed by atoms with Gasteiger partial charge in [-0.15, -0.1) is 0 Å². The first-order valence-electron chi connectivity index (χ1n) is 6.97. The van der Waals surface area contributed by atoms with Crippen LogP contribution in [-0.4, -0.2) is 28.3 Å². The standard InChI is InChI=1S/C14H15N2O6P/c17-13-5-8(7-23(19,20)21)10-2-1-9(6-12(10)22-13)16-14(18)11-3-4-15-11/h1-2,5-6,11,15H,3-4,7H2,(H,16,18)(H2,19,20,21)/t11-/m1/s1. The Hall–Kier alpha value is -1.99. The Kier molecular flexibility index (Phi) is 4.08. The van der Waals surface area contributed by atoms with Crippen molar-refractivity contribution in [1.29, 1.82) is 0 Å². The molecule has 0 radical (unpaired) electrons. The zero-order valence-corrected chi connectivity index (χ0v) is 12.9. The van der Waals surface area contributed by atoms with Gasteiger partial charge in [0.05, 0.1) is 12.2 Å². The number of benzene rings is 1. The van der Waals surface area contributed by atoms with Gasteiger partial charge in [-0.05, 0) is 30.7 Å². The lowest BCUT2D eigenvalue weighted by Gasteiger charge is -2.26. The average molecular weight is 338 g/mol. The Labute approximate surface area is 130 Å². The Morgan fingerprint density at radius 3 is 2.74 bits per heavy atom. The van der Waals surface area contributed by atoms with Crippen molar-refractivity contribution in [3.8, 4) is 0 Å². The predicted octanol–water partition coefficient (Wildman–Crippen LogP) is 0.771. The lowest BCUT2D eigenvalue weighted by molar-refractivity contribution is -0.119. The molecule has 0 spiro atoms. The minimum Gasteiger partial charge on any atom is -0.423 e. The first kappa shape index (κ1) is 15.9. The molecule has 23 heavy (non-hydrogen) atoms. The second-order valence-corrected chi connectivity index (χ2v) is 7.05. The van der Waals surface area contributed by atoms with Gasteiger partial charge in [-0.1, -0.05) is 0 Å². The lowest BCUT2D eigenvalue weighted by Crippen LogP contribution is -2.50. The van der Waals surface area contributed by atoms with Crippen LogP contribution in [-0.2, 0) is 15.5 Å². The van der Waals surface area contributed by atoms with E-state index in [0.717, 1.165) is 19.0 Å². The zero-order chi connectivity index (χ0) is 16.6. The molecule has 1 amide bonds. The maximum Gasteiger partial charge on any atom is 0.336 e. The summed E-state index contributed by atoms with van der Waals surface area (Å²) in [6, 6.07) is 5.47. The largest absolute Gasteiger partial charge is 0.423 e. The average Bonchev–Trinajstić information content (AvgIpc) is 2.33. The van der Waals surface area contributed by atoms with Crippen LogP contribution in [0.3, 0.4) is 0 Å². The van der Waals surface area contributed by atoms with Crippen molar-refractivity contribution < 1.29 is 23.6 Å². The molecule has 1 atom stereocenters. The van der Waals surface area contributed by atoms with Crippen LogP contribution < -0.4 is 16.3 Å². The number of rotatable bonds is 4. The molecule has 1 aromatic carbocycles. The van der Waals surface area contributed by atoms with Crippen LogP contribution in [0.4, 0.5) is 5.69 Å². The van der Waals surface area contributed by atoms with Gasteiger partial charge in [0.15, 0.2) is 0 Å². The molecule has 1 aliphatic heterocycles. The van der Waals surface area contributed by atoms with E-state index >= 15 is 0 Å². The molecule has 1 fully saturated rings. The summed E-state index contributed by atoms with van der Waals surface area (Å²) in [7, 11) is -4.31. The normalized spacial score (nSPS) is 17.7. The maximum atomic E-state index is 11.9. The van der Waals surface area contributed by atoms with Crippen molar-refractivity contribution in [2.24, 2.45) is 0 Å². The Morgan fingerprint density at radius 2 is 2.13 bits per heavy atom. The van der Waals surface area contributed by atoms with E-state index in [9.17, 15) is 14.2 Å². The molecule has 0 saturated carbocycles. The highest BCUT2D eigenvalue weighted by molar-refractivity contribution is 7.50. The van der Waals surface area contributed by atoms with Crippen LogP contribution in [0.25, 0.3) is 11.0 Å². The quantitative estimate of drug-likeness (QED) is 0.479. The fourth-order valence-corrected chi connectivity index (χ4v) is 3.11. The molecule has 4 N–H and O–H groups in total. The van der Waals surface area contributed by atoms with Crippen molar-refractivity contribution in [1.82, 2.24) is 5.32 Å². The molecule has 2 aromatic rings. The van der Waals surface area contributed by atoms with Crippen molar-refractivity contribution in [2.45, 2.75) is 18.6 Å². The molecule has 1 saturated heterocycles. The van der Waals surface area contributed by atoms with E-state index in [1.807, 2.05) is 0 Å². The number of amides is 1. The van der Waals surface area contributed by atoms with E-state index in [1.165, 1.54) is 6.07 Å². The van der Waals surface area contributed by atoms with E-state index in [4.69, 9.17) is 14.2 Å². The third-order valence-corrected chi connectivity index (χ3v) is 4.37. The smallest absolute Gasteiger partial charge is 0.336 e. The zero-order valence-electron chi connectivity index (χ0n) is 12.0. The van der Waals surface area contributed by atoms with Gasteiger partial charge >= 0.3 is 13.2 Å². The Balaban J connectivity index is 1.94. The fourth-order valence-electron chi connectivity index (χ4n) is 2.40. The summed E-state index contributed by atoms with van der Waals surface area (Å²) in [6.45, 7) is 0.802. The lowest BCUT2D eigenvalue weighted by atomic mass is 10.1. The number of hydrogen-bond donors (Lipinski definition) is 4. The van der Waals surface area contributed by atoms with Crippen molar-refractivity contribution >= 4 is 30.2 Å². The third-order valence-electron chi connectivity index (χ3n) is 3.61. The Bertz CT molecular complexity index is 867. The number of carbonyl (C=O) groups is 1. The molecule has 0 aliphatic carbocycles. The van der Waals surface area contributed by atoms with Gasteiger partial charge < -0.3 is 24.8 Å². The van der Waals surface area contributed by atoms with Crippen LogP contribution in [0.2, 0.25) is 0 Å². The van der Waals surface area contributed by atoms with E-state index in [1.54, 1.807) is 12.1 Å². The summed E-state index contributed by atoms with van der Waals surface area (Å²) in [6.07, 6.45) is 0.216. The van der Waals surface area contributed by atoms with Crippen molar-refractivity contribution in [3.63, 3.8) is 0 Å². The van der Waals surface area contributed by atoms with Gasteiger partial charge in [-0.2, -0.15) is 0 Å². The minimum absolute atomic E-state index is 0.167. The van der Waals surface area contributed by atoms with Crippen LogP contribution in [0.5, 0.6) is 0 Å². The van der Waals surface area contributed by atoms with Gasteiger partial charge in [0.2, 0.25) is 5.91 Å². The molecule has 122 valence electrons. The van der Waals surface area contributed by atoms with Crippen molar-refractivity contribution in [2.75, 3.05) is 11.9 Å². The fraction of sp³-hybridized carbons (Fsp3) is 0.286. The first-order chi connectivity index (χ1) is 10.8. The van der Waals surface area contributed by atoms with E-state index in [2.05, 4.69) is 10.6 Å². The molecule has 9 heteroatoms. The summed E-state index contributed by atoms with van der Waals surface area (Å²) in [4.78, 5) is 41.7. The summed E-state index contributed by atoms with van der Waals surface area (Å²) in [5.74, 6) is -0.177. The molecule has 8 nitrogen and oxygen atoms in total. The van der Waals surface area contributed by atoms with Gasteiger partial charge in [-0.25, -0.2) is 4.79 Å². The topological polar surface area (TPSA) is 129 Å². The van der Waals surface area contributed by atoms with E-state index < -0.39 is 19.4 Å². The molecular formula is C14H15N2O6P. The number of anilines is 1. The predicted molar refractivity (Wildman–Crippen MR) is 83.3 cm³/mol. The molecule has 1 aromatic heterocycles. The van der Waals surface area contributed by atoms with Crippen molar-refractivity contribution in [3.05, 3.63) is 40.2 Å². The second kappa shape index (κ2) is 5.90. The van der Waals surface area contributed by atoms with Gasteiger partial charge in [0.25, 0.3) is 0 Å². The van der Waals surface area contributed by atoms with E-state index in [-0.39, 0.29) is 23.1 Å². The monoisotopic (exact) mass is 338 g/mol. The number of hydrogen-bond acceptors (Lipinski definition) is 5. The minimum atomic E-state index is -4.31. The first-order valence-corrected chi connectivity index (χ1v) is 8.77. The van der Waals surface area contributed by atoms with Crippen LogP contribution in [0.1, 0.15) is 12.0 Å². The van der Waals surface area contributed by atoms with E-state index in [0.29, 0.717) is 11.1 Å². The van der Waals surface area contributed by atoms with Gasteiger partial charge in [-0.3, -0.25) is 9.36 Å². The maximum absolute atomic E-state index is 11.9. The third kappa shape index (κ3) is 3.68. The summed E-state index contributed by atoms with van der Waals surface area (Å²) < 4.78 is 16.2. The highest BCUT2D eigenvalue weighted by atomic mass is 31.2. The van der Waals surface area contributed by atoms with Crippen LogP contribution >= 0.6 is 7.60 Å². The highest BCUT2D eigenvalue weighted by Crippen LogP contribution is 2.40. The van der Waals surface area contributed by atoms with Gasteiger partial charge in [0.1, 0.15) is 5.58 Å². The number of nitrogens with one attached hydrogen (secondary N) is 2. The number of carbonyl (C=O) groups excluding carboxylic acids is 1. The molecule has 0 bridgehead atoms. The summed E-state index contributed by atoms with van der Waals surface area (Å²) in [5, 5.41) is 6.10. The summed E-state index contributed by atoms with van der Waals surface area (Å²) >= 11 is 0. The highest BCUT2D eigenvalue weighted by Gasteiger charge is 2.24. The molecule has 1 aliphatic rings. The summed E-state index contributed by atoms with van der Waals surface area (Å²) in [5.41, 5.74) is 0.126. The van der Waals surface area contributed by atoms with Crippen LogP contribution in [0, 0.1) is 0 Å². The van der Waals surface area contributed by atoms with Gasteiger partial charge in [0, 0.05) is 23.2 Å². The second-order valence-electron chi connectivity index (χ2n) is 5.41.